The number of methoxy groups -OCH3 is 1. The Morgan fingerprint density at radius 1 is 1.22 bits per heavy atom. The van der Waals surface area contributed by atoms with Crippen molar-refractivity contribution in [3.8, 4) is 0 Å². The molecule has 1 heterocycles. The van der Waals surface area contributed by atoms with E-state index in [1.807, 2.05) is 6.07 Å². The molecule has 1 aromatic heterocycles. The van der Waals surface area contributed by atoms with Gasteiger partial charge in [-0.15, -0.1) is 0 Å². The Balaban J connectivity index is 1.66. The molecule has 1 aliphatic carbocycles. The predicted molar refractivity (Wildman–Crippen MR) is 80.6 cm³/mol. The fourth-order valence-corrected chi connectivity index (χ4v) is 2.48. The van der Waals surface area contributed by atoms with Gasteiger partial charge in [0.1, 0.15) is 17.2 Å². The second kappa shape index (κ2) is 6.16. The second-order valence-electron chi connectivity index (χ2n) is 5.38. The molecule has 0 radical (unpaired) electrons. The minimum atomic E-state index is -0.594. The van der Waals surface area contributed by atoms with Gasteiger partial charge in [0.15, 0.2) is 0 Å². The largest absolute Gasteiger partial charge is 0.464 e. The van der Waals surface area contributed by atoms with Crippen molar-refractivity contribution in [1.29, 1.82) is 0 Å². The van der Waals surface area contributed by atoms with Crippen LogP contribution >= 0.6 is 0 Å². The molecule has 118 valence electrons. The van der Waals surface area contributed by atoms with Gasteiger partial charge in [0.25, 0.3) is 5.91 Å². The zero-order valence-electron chi connectivity index (χ0n) is 12.5. The van der Waals surface area contributed by atoms with E-state index in [1.165, 1.54) is 31.4 Å². The first-order chi connectivity index (χ1) is 11.1. The molecule has 0 bridgehead atoms. The molecule has 5 nitrogen and oxygen atoms in total. The Kier molecular flexibility index (Phi) is 4.06. The third-order valence-electron chi connectivity index (χ3n) is 3.76. The number of pyridine rings is 1. The van der Waals surface area contributed by atoms with E-state index in [1.54, 1.807) is 12.1 Å². The van der Waals surface area contributed by atoms with Crippen molar-refractivity contribution in [3.63, 3.8) is 0 Å². The molecule has 6 heteroatoms. The number of halogens is 1. The zero-order chi connectivity index (χ0) is 16.4. The van der Waals surface area contributed by atoms with Crippen molar-refractivity contribution in [2.75, 3.05) is 7.11 Å². The summed E-state index contributed by atoms with van der Waals surface area (Å²) in [5.41, 5.74) is 1.10. The summed E-state index contributed by atoms with van der Waals surface area (Å²) in [6, 6.07) is 10.9. The van der Waals surface area contributed by atoms with E-state index < -0.39 is 5.97 Å². The first kappa shape index (κ1) is 15.1. The van der Waals surface area contributed by atoms with Crippen molar-refractivity contribution >= 4 is 11.9 Å². The van der Waals surface area contributed by atoms with E-state index in [9.17, 15) is 14.0 Å². The van der Waals surface area contributed by atoms with Crippen molar-refractivity contribution in [2.45, 2.75) is 18.4 Å². The number of benzene rings is 1. The number of amides is 1. The maximum atomic E-state index is 13.2. The number of esters is 1. The van der Waals surface area contributed by atoms with E-state index in [0.29, 0.717) is 0 Å². The number of carbonyl (C=O) groups is 2. The Hall–Kier alpha value is -2.76. The van der Waals surface area contributed by atoms with Crippen LogP contribution in [-0.4, -0.2) is 30.0 Å². The van der Waals surface area contributed by atoms with Crippen molar-refractivity contribution in [1.82, 2.24) is 10.3 Å². The Bertz CT molecular complexity index is 763. The molecule has 0 spiro atoms. The fourth-order valence-electron chi connectivity index (χ4n) is 2.48. The van der Waals surface area contributed by atoms with Crippen LogP contribution in [0.2, 0.25) is 0 Å². The summed E-state index contributed by atoms with van der Waals surface area (Å²) in [6.45, 7) is 0. The van der Waals surface area contributed by atoms with Crippen molar-refractivity contribution in [3.05, 3.63) is 65.2 Å². The van der Waals surface area contributed by atoms with E-state index in [0.717, 1.165) is 12.0 Å². The minimum absolute atomic E-state index is 0.0483. The average Bonchev–Trinajstić information content (AvgIpc) is 3.33. The van der Waals surface area contributed by atoms with Crippen LogP contribution in [-0.2, 0) is 4.74 Å². The van der Waals surface area contributed by atoms with Crippen LogP contribution in [0.3, 0.4) is 0 Å². The monoisotopic (exact) mass is 314 g/mol. The molecule has 1 N–H and O–H groups in total. The predicted octanol–water partition coefficient (Wildman–Crippen LogP) is 2.29. The topological polar surface area (TPSA) is 68.3 Å². The molecule has 1 aromatic carbocycles. The van der Waals surface area contributed by atoms with Crippen LogP contribution in [0, 0.1) is 5.82 Å². The summed E-state index contributed by atoms with van der Waals surface area (Å²) >= 11 is 0. The molecule has 1 aliphatic rings. The lowest BCUT2D eigenvalue weighted by atomic mass is 10.1. The van der Waals surface area contributed by atoms with E-state index in [2.05, 4.69) is 15.0 Å². The number of rotatable bonds is 4. The molecule has 3 rings (SSSR count). The standard InChI is InChI=1S/C17H15FN2O3/c1-23-17(22)14-7-3-6-13(19-14)16(21)20-15-9-12(15)10-4-2-5-11(18)8-10/h2-8,12,15H,9H2,1H3,(H,20,21)/t12-,15+/m0/s1. The number of nitrogens with zero attached hydrogens (tertiary/aromatic N) is 1. The Morgan fingerprint density at radius 3 is 2.70 bits per heavy atom. The van der Waals surface area contributed by atoms with Crippen LogP contribution in [0.25, 0.3) is 0 Å². The zero-order valence-corrected chi connectivity index (χ0v) is 12.5. The lowest BCUT2D eigenvalue weighted by molar-refractivity contribution is 0.0594. The Labute approximate surface area is 132 Å². The molecule has 1 saturated carbocycles. The number of nitrogens with one attached hydrogen (secondary N) is 1. The van der Waals surface area contributed by atoms with E-state index in [4.69, 9.17) is 0 Å². The number of ether oxygens (including phenoxy) is 1. The number of carbonyl (C=O) groups excluding carboxylic acids is 2. The SMILES string of the molecule is COC(=O)c1cccc(C(=O)N[C@@H]2C[C@H]2c2cccc(F)c2)n1. The van der Waals surface area contributed by atoms with Gasteiger partial charge >= 0.3 is 5.97 Å². The average molecular weight is 314 g/mol. The molecule has 23 heavy (non-hydrogen) atoms. The van der Waals surface area contributed by atoms with Gasteiger partial charge in [0.2, 0.25) is 0 Å². The molecular weight excluding hydrogens is 299 g/mol. The van der Waals surface area contributed by atoms with Gasteiger partial charge in [-0.3, -0.25) is 4.79 Å². The highest BCUT2D eigenvalue weighted by atomic mass is 19.1. The maximum absolute atomic E-state index is 13.2. The molecule has 0 aliphatic heterocycles. The third kappa shape index (κ3) is 3.36. The van der Waals surface area contributed by atoms with E-state index in [-0.39, 0.29) is 35.1 Å². The van der Waals surface area contributed by atoms with Crippen molar-refractivity contribution < 1.29 is 18.7 Å². The first-order valence-electron chi connectivity index (χ1n) is 7.20. The number of hydrogen-bond acceptors (Lipinski definition) is 4. The molecule has 2 atom stereocenters. The lowest BCUT2D eigenvalue weighted by Crippen LogP contribution is -2.28. The number of aromatic nitrogens is 1. The molecule has 0 saturated heterocycles. The van der Waals surface area contributed by atoms with Gasteiger partial charge in [-0.1, -0.05) is 18.2 Å². The fraction of sp³-hybridized carbons (Fsp3) is 0.235. The summed E-state index contributed by atoms with van der Waals surface area (Å²) in [5.74, 6) is -1.13. The van der Waals surface area contributed by atoms with Gasteiger partial charge in [-0.05, 0) is 36.2 Å². The lowest BCUT2D eigenvalue weighted by Gasteiger charge is -2.06. The molecule has 1 fully saturated rings. The van der Waals surface area contributed by atoms with Gasteiger partial charge in [-0.25, -0.2) is 14.2 Å². The minimum Gasteiger partial charge on any atom is -0.464 e. The second-order valence-corrected chi connectivity index (χ2v) is 5.38. The highest BCUT2D eigenvalue weighted by molar-refractivity contribution is 5.94. The summed E-state index contributed by atoms with van der Waals surface area (Å²) in [4.78, 5) is 27.6. The van der Waals surface area contributed by atoms with Crippen LogP contribution in [0.1, 0.15) is 38.9 Å². The summed E-state index contributed by atoms with van der Waals surface area (Å²) < 4.78 is 17.8. The van der Waals surface area contributed by atoms with Gasteiger partial charge < -0.3 is 10.1 Å². The van der Waals surface area contributed by atoms with Crippen LogP contribution in [0.15, 0.2) is 42.5 Å². The summed E-state index contributed by atoms with van der Waals surface area (Å²) in [7, 11) is 1.25. The van der Waals surface area contributed by atoms with Gasteiger partial charge in [0, 0.05) is 12.0 Å². The number of hydrogen-bond donors (Lipinski definition) is 1. The van der Waals surface area contributed by atoms with Crippen molar-refractivity contribution in [2.24, 2.45) is 0 Å². The quantitative estimate of drug-likeness (QED) is 0.879. The Morgan fingerprint density at radius 2 is 1.96 bits per heavy atom. The highest BCUT2D eigenvalue weighted by Gasteiger charge is 2.39. The molecule has 1 amide bonds. The highest BCUT2D eigenvalue weighted by Crippen LogP contribution is 2.40. The van der Waals surface area contributed by atoms with Gasteiger partial charge in [-0.2, -0.15) is 0 Å². The van der Waals surface area contributed by atoms with E-state index >= 15 is 0 Å². The van der Waals surface area contributed by atoms with Crippen LogP contribution in [0.4, 0.5) is 4.39 Å². The van der Waals surface area contributed by atoms with Crippen LogP contribution in [0.5, 0.6) is 0 Å². The molecule has 2 aromatic rings. The molecule has 0 unspecified atom stereocenters. The molecular formula is C17H15FN2O3. The maximum Gasteiger partial charge on any atom is 0.356 e. The normalized spacial score (nSPS) is 19.0. The smallest absolute Gasteiger partial charge is 0.356 e. The summed E-state index contributed by atoms with van der Waals surface area (Å²) in [5, 5.41) is 2.85. The third-order valence-corrected chi connectivity index (χ3v) is 3.76. The first-order valence-corrected chi connectivity index (χ1v) is 7.20. The summed E-state index contributed by atoms with van der Waals surface area (Å²) in [6.07, 6.45) is 0.756. The van der Waals surface area contributed by atoms with Gasteiger partial charge in [0.05, 0.1) is 7.11 Å². The van der Waals surface area contributed by atoms with Crippen LogP contribution < -0.4 is 5.32 Å².